The molecule has 308 valence electrons. The van der Waals surface area contributed by atoms with Crippen LogP contribution < -0.4 is 10.6 Å². The van der Waals surface area contributed by atoms with Crippen LogP contribution in [0.1, 0.15) is 66.7 Å². The van der Waals surface area contributed by atoms with E-state index in [1.165, 1.54) is 6.92 Å². The lowest BCUT2D eigenvalue weighted by Crippen LogP contribution is -2.69. The summed E-state index contributed by atoms with van der Waals surface area (Å²) in [5.74, 6) is -4.52. The van der Waals surface area contributed by atoms with Crippen LogP contribution in [0.25, 0.3) is 10.4 Å². The molecule has 2 amide bonds. The lowest BCUT2D eigenvalue weighted by atomic mass is 9.94. The van der Waals surface area contributed by atoms with Gasteiger partial charge in [-0.3, -0.25) is 24.0 Å². The van der Waals surface area contributed by atoms with Crippen LogP contribution in [0.2, 0.25) is 0 Å². The zero-order valence-electron chi connectivity index (χ0n) is 31.9. The van der Waals surface area contributed by atoms with Gasteiger partial charge in [-0.2, -0.15) is 0 Å². The lowest BCUT2D eigenvalue weighted by Gasteiger charge is -2.49. The predicted molar refractivity (Wildman–Crippen MR) is 185 cm³/mol. The average molecular weight is 794 g/mol. The van der Waals surface area contributed by atoms with Crippen molar-refractivity contribution in [1.29, 1.82) is 0 Å². The first-order chi connectivity index (χ1) is 26.5. The second-order valence-electron chi connectivity index (χ2n) is 13.8. The highest BCUT2D eigenvalue weighted by molar-refractivity contribution is 5.83. The van der Waals surface area contributed by atoms with E-state index in [0.717, 1.165) is 20.8 Å². The number of amides is 2. The van der Waals surface area contributed by atoms with Gasteiger partial charge in [0.25, 0.3) is 5.91 Å². The summed E-state index contributed by atoms with van der Waals surface area (Å²) in [6.07, 6.45) is -15.9. The van der Waals surface area contributed by atoms with Crippen LogP contribution in [-0.2, 0) is 71.3 Å². The molecule has 21 nitrogen and oxygen atoms in total. The molecular weight excluding hydrogens is 746 g/mol. The van der Waals surface area contributed by atoms with Gasteiger partial charge in [0, 0.05) is 51.3 Å². The molecule has 3 saturated heterocycles. The number of ether oxygens (including phenoxy) is 10. The molecule has 4 rings (SSSR count). The number of nitrogens with zero attached hydrogens (tertiary/aromatic N) is 3. The lowest BCUT2D eigenvalue weighted by molar-refractivity contribution is -0.336. The fourth-order valence-electron chi connectivity index (χ4n) is 6.15. The Kier molecular flexibility index (Phi) is 15.4. The molecule has 11 atom stereocenters. The summed E-state index contributed by atoms with van der Waals surface area (Å²) in [4.78, 5) is 78.2. The standard InChI is InChI=1S/C35H47N5O16/c1-17(41)49-24-23-22(16-48-33(55-23)21-12-9-8-10-13-21)53-31(28(24)47-15-11-14-37-34(46)56-35(5,6)7)38-30(45)27-25(50-18(2)42)26(51-19(3)43)29(52-20(4)44)32(54-27)39-40-36/h8-10,12-13,22-29,31-33H,11,14-16H2,1-7H3,(H,37,46)(H,38,45)/t22?,23-,24-,25-,26-,27?,28?,29?,31+,32+,33?/m0/s1. The minimum absolute atomic E-state index is 0.0719. The number of fused-ring (bicyclic) bond motifs is 1. The topological polar surface area (TPSA) is 268 Å². The number of benzene rings is 1. The van der Waals surface area contributed by atoms with Gasteiger partial charge in [-0.05, 0) is 32.7 Å². The zero-order chi connectivity index (χ0) is 41.2. The summed E-state index contributed by atoms with van der Waals surface area (Å²) in [6.45, 7) is 9.35. The summed E-state index contributed by atoms with van der Waals surface area (Å²) >= 11 is 0. The number of alkyl carbamates (subject to hydrolysis) is 1. The van der Waals surface area contributed by atoms with Gasteiger partial charge in [0.15, 0.2) is 49.3 Å². The Hall–Kier alpha value is -5.05. The van der Waals surface area contributed by atoms with E-state index >= 15 is 0 Å². The van der Waals surface area contributed by atoms with Crippen LogP contribution in [0, 0.1) is 0 Å². The molecule has 3 aliphatic rings. The first-order valence-corrected chi connectivity index (χ1v) is 17.7. The third kappa shape index (κ3) is 12.2. The molecule has 56 heavy (non-hydrogen) atoms. The van der Waals surface area contributed by atoms with Gasteiger partial charge < -0.3 is 58.0 Å². The van der Waals surface area contributed by atoms with Crippen molar-refractivity contribution in [3.05, 3.63) is 46.3 Å². The smallest absolute Gasteiger partial charge is 0.407 e. The van der Waals surface area contributed by atoms with Crippen LogP contribution >= 0.6 is 0 Å². The summed E-state index contributed by atoms with van der Waals surface area (Å²) in [6, 6.07) is 8.97. The van der Waals surface area contributed by atoms with Crippen molar-refractivity contribution in [2.75, 3.05) is 19.8 Å². The van der Waals surface area contributed by atoms with Crippen molar-refractivity contribution in [1.82, 2.24) is 10.6 Å². The fraction of sp³-hybridized carbons (Fsp3) is 0.657. The first-order valence-electron chi connectivity index (χ1n) is 17.7. The highest BCUT2D eigenvalue weighted by Crippen LogP contribution is 2.37. The Bertz CT molecular complexity index is 1620. The normalized spacial score (nSPS) is 29.9. The van der Waals surface area contributed by atoms with E-state index < -0.39 is 109 Å². The van der Waals surface area contributed by atoms with Gasteiger partial charge >= 0.3 is 30.0 Å². The number of hydrogen-bond donors (Lipinski definition) is 2. The Morgan fingerprint density at radius 2 is 1.43 bits per heavy atom. The largest absolute Gasteiger partial charge is 0.457 e. The number of hydrogen-bond acceptors (Lipinski definition) is 17. The van der Waals surface area contributed by atoms with Crippen molar-refractivity contribution in [3.8, 4) is 0 Å². The Morgan fingerprint density at radius 3 is 2.04 bits per heavy atom. The molecule has 5 unspecified atom stereocenters. The maximum absolute atomic E-state index is 14.2. The van der Waals surface area contributed by atoms with Crippen molar-refractivity contribution < 1.29 is 76.1 Å². The monoisotopic (exact) mass is 793 g/mol. The van der Waals surface area contributed by atoms with E-state index in [4.69, 9.17) is 47.4 Å². The molecule has 0 aliphatic carbocycles. The van der Waals surface area contributed by atoms with Crippen LogP contribution in [0.4, 0.5) is 4.79 Å². The number of azide groups is 1. The van der Waals surface area contributed by atoms with Gasteiger partial charge in [0.2, 0.25) is 0 Å². The molecule has 1 aromatic rings. The number of rotatable bonds is 13. The molecule has 1 aromatic carbocycles. The molecule has 0 aromatic heterocycles. The van der Waals surface area contributed by atoms with Crippen molar-refractivity contribution in [3.63, 3.8) is 0 Å². The molecule has 3 heterocycles. The summed E-state index contributed by atoms with van der Waals surface area (Å²) in [7, 11) is 0. The Morgan fingerprint density at radius 1 is 0.821 bits per heavy atom. The van der Waals surface area contributed by atoms with Gasteiger partial charge in [0.05, 0.1) is 6.61 Å². The maximum Gasteiger partial charge on any atom is 0.407 e. The van der Waals surface area contributed by atoms with Gasteiger partial charge in [0.1, 0.15) is 23.9 Å². The molecule has 2 N–H and O–H groups in total. The van der Waals surface area contributed by atoms with E-state index in [1.807, 2.05) is 6.07 Å². The van der Waals surface area contributed by atoms with Crippen LogP contribution in [0.3, 0.4) is 0 Å². The van der Waals surface area contributed by atoms with Crippen molar-refractivity contribution in [2.24, 2.45) is 5.11 Å². The average Bonchev–Trinajstić information content (AvgIpc) is 3.10. The van der Waals surface area contributed by atoms with E-state index in [0.29, 0.717) is 5.56 Å². The second-order valence-corrected chi connectivity index (χ2v) is 13.8. The number of carbonyl (C=O) groups is 6. The quantitative estimate of drug-likeness (QED) is 0.0722. The Labute approximate surface area is 321 Å². The molecule has 0 bridgehead atoms. The summed E-state index contributed by atoms with van der Waals surface area (Å²) in [5.41, 5.74) is 9.23. The third-order valence-electron chi connectivity index (χ3n) is 8.13. The van der Waals surface area contributed by atoms with Crippen molar-refractivity contribution in [2.45, 2.75) is 128 Å². The van der Waals surface area contributed by atoms with Crippen LogP contribution in [0.5, 0.6) is 0 Å². The van der Waals surface area contributed by atoms with E-state index in [2.05, 4.69) is 20.7 Å². The third-order valence-corrected chi connectivity index (χ3v) is 8.13. The molecule has 0 spiro atoms. The maximum atomic E-state index is 14.2. The molecule has 0 saturated carbocycles. The fourth-order valence-corrected chi connectivity index (χ4v) is 6.15. The van der Waals surface area contributed by atoms with Gasteiger partial charge in [-0.25, -0.2) is 4.79 Å². The van der Waals surface area contributed by atoms with E-state index in [1.54, 1.807) is 45.0 Å². The second kappa shape index (κ2) is 19.7. The number of nitrogens with one attached hydrogen (secondary N) is 2. The molecule has 3 aliphatic heterocycles. The van der Waals surface area contributed by atoms with E-state index in [9.17, 15) is 34.3 Å². The van der Waals surface area contributed by atoms with Gasteiger partial charge in [-0.15, -0.1) is 0 Å². The zero-order valence-corrected chi connectivity index (χ0v) is 31.9. The number of carbonyl (C=O) groups excluding carboxylic acids is 6. The van der Waals surface area contributed by atoms with E-state index in [-0.39, 0.29) is 26.2 Å². The van der Waals surface area contributed by atoms with Crippen molar-refractivity contribution >= 4 is 35.9 Å². The highest BCUT2D eigenvalue weighted by atomic mass is 16.7. The molecule has 0 radical (unpaired) electrons. The first kappa shape index (κ1) is 43.7. The molecule has 21 heteroatoms. The minimum Gasteiger partial charge on any atom is -0.457 e. The SMILES string of the molecule is CC(=O)OC1[C@H](N=[N+]=[N-])OC(C(=O)N[C@@H]2OC3COC(c4ccccc4)O[C@@H]3[C@H](OC(C)=O)C2OCCCNC(=O)OC(C)(C)C)[C@@H](OC(C)=O)[C@@H]1OC(C)=O. The highest BCUT2D eigenvalue weighted by Gasteiger charge is 2.57. The molecule has 3 fully saturated rings. The summed E-state index contributed by atoms with van der Waals surface area (Å²) in [5, 5.41) is 8.72. The molecular formula is C35H47N5O16. The van der Waals surface area contributed by atoms with Gasteiger partial charge in [-0.1, -0.05) is 35.4 Å². The van der Waals surface area contributed by atoms with Crippen LogP contribution in [0.15, 0.2) is 35.4 Å². The number of esters is 4. The predicted octanol–water partition coefficient (Wildman–Crippen LogP) is 2.00. The Balaban J connectivity index is 1.65. The van der Waals surface area contributed by atoms with Crippen LogP contribution in [-0.4, -0.2) is 123 Å². The summed E-state index contributed by atoms with van der Waals surface area (Å²) < 4.78 is 57.5. The minimum atomic E-state index is -1.88.